The Hall–Kier alpha value is -3.24. The number of hydrogen-bond donors (Lipinski definition) is 2. The number of aromatic nitrogens is 5. The van der Waals surface area contributed by atoms with Gasteiger partial charge in [-0.2, -0.15) is 4.80 Å². The maximum atomic E-state index is 14.9. The number of tetrazole rings is 1. The summed E-state index contributed by atoms with van der Waals surface area (Å²) in [6.45, 7) is 1.43. The highest BCUT2D eigenvalue weighted by Crippen LogP contribution is 2.30. The first-order valence-electron chi connectivity index (χ1n) is 10.1. The van der Waals surface area contributed by atoms with E-state index in [1.165, 1.54) is 10.9 Å². The Morgan fingerprint density at radius 1 is 1.29 bits per heavy atom. The van der Waals surface area contributed by atoms with Gasteiger partial charge < -0.3 is 15.5 Å². The standard InChI is InChI=1S/C21H25FN8O/c1-23-19-11-16(21(31)25-19)13-4-6-15(17(22)10-13)14-5-7-18(24-12-14)20-26-28-30(27-20)9-8-29(2)3/h4-7,10,12,16,19,23H,8-9,11H2,1-3H3,(H,25,31)/t16-,19-/m1/s1. The number of rotatable bonds is 7. The van der Waals surface area contributed by atoms with E-state index in [9.17, 15) is 9.18 Å². The average Bonchev–Trinajstić information content (AvgIpc) is 3.39. The Labute approximate surface area is 179 Å². The normalized spacial score (nSPS) is 18.5. The van der Waals surface area contributed by atoms with E-state index in [-0.39, 0.29) is 23.8 Å². The zero-order chi connectivity index (χ0) is 22.0. The van der Waals surface area contributed by atoms with E-state index in [0.717, 1.165) is 6.54 Å². The van der Waals surface area contributed by atoms with Gasteiger partial charge in [0.15, 0.2) is 0 Å². The molecule has 4 rings (SSSR count). The number of benzene rings is 1. The molecular formula is C21H25FN8O. The van der Waals surface area contributed by atoms with E-state index >= 15 is 0 Å². The van der Waals surface area contributed by atoms with Crippen LogP contribution < -0.4 is 10.6 Å². The minimum Gasteiger partial charge on any atom is -0.340 e. The summed E-state index contributed by atoms with van der Waals surface area (Å²) in [5.41, 5.74) is 2.29. The summed E-state index contributed by atoms with van der Waals surface area (Å²) in [5, 5.41) is 18.3. The molecule has 10 heteroatoms. The summed E-state index contributed by atoms with van der Waals surface area (Å²) in [6.07, 6.45) is 2.09. The number of amides is 1. The highest BCUT2D eigenvalue weighted by Gasteiger charge is 2.32. The molecule has 2 atom stereocenters. The minimum absolute atomic E-state index is 0.0913. The van der Waals surface area contributed by atoms with Crippen LogP contribution in [0.25, 0.3) is 22.6 Å². The molecule has 1 saturated heterocycles. The smallest absolute Gasteiger partial charge is 0.228 e. The van der Waals surface area contributed by atoms with Crippen molar-refractivity contribution in [2.45, 2.75) is 25.0 Å². The van der Waals surface area contributed by atoms with E-state index in [2.05, 4.69) is 31.0 Å². The molecule has 1 aliphatic heterocycles. The number of halogens is 1. The highest BCUT2D eigenvalue weighted by atomic mass is 19.1. The fraction of sp³-hybridized carbons (Fsp3) is 0.381. The molecule has 0 aliphatic carbocycles. The van der Waals surface area contributed by atoms with E-state index in [1.807, 2.05) is 19.0 Å². The van der Waals surface area contributed by atoms with Gasteiger partial charge in [0.1, 0.15) is 11.5 Å². The van der Waals surface area contributed by atoms with Crippen LogP contribution in [0.4, 0.5) is 4.39 Å². The van der Waals surface area contributed by atoms with Gasteiger partial charge in [-0.1, -0.05) is 18.2 Å². The molecule has 0 bridgehead atoms. The van der Waals surface area contributed by atoms with Crippen LogP contribution >= 0.6 is 0 Å². The lowest BCUT2D eigenvalue weighted by Crippen LogP contribution is -2.36. The maximum Gasteiger partial charge on any atom is 0.228 e. The number of hydrogen-bond acceptors (Lipinski definition) is 7. The molecule has 162 valence electrons. The Bertz CT molecular complexity index is 1070. The molecule has 0 saturated carbocycles. The van der Waals surface area contributed by atoms with Gasteiger partial charge in [0.25, 0.3) is 0 Å². The highest BCUT2D eigenvalue weighted by molar-refractivity contribution is 5.86. The van der Waals surface area contributed by atoms with Gasteiger partial charge >= 0.3 is 0 Å². The Balaban J connectivity index is 1.50. The Morgan fingerprint density at radius 2 is 2.13 bits per heavy atom. The van der Waals surface area contributed by atoms with Crippen LogP contribution in [0, 0.1) is 5.82 Å². The van der Waals surface area contributed by atoms with Crippen molar-refractivity contribution in [3.63, 3.8) is 0 Å². The summed E-state index contributed by atoms with van der Waals surface area (Å²) >= 11 is 0. The number of nitrogens with zero attached hydrogens (tertiary/aromatic N) is 6. The maximum absolute atomic E-state index is 14.9. The van der Waals surface area contributed by atoms with Crippen LogP contribution in [0.2, 0.25) is 0 Å². The zero-order valence-electron chi connectivity index (χ0n) is 17.7. The van der Waals surface area contributed by atoms with Gasteiger partial charge in [-0.05, 0) is 50.5 Å². The summed E-state index contributed by atoms with van der Waals surface area (Å²) in [6, 6.07) is 8.45. The van der Waals surface area contributed by atoms with Crippen molar-refractivity contribution in [2.24, 2.45) is 0 Å². The molecule has 31 heavy (non-hydrogen) atoms. The Kier molecular flexibility index (Phi) is 6.01. The van der Waals surface area contributed by atoms with Crippen LogP contribution in [0.5, 0.6) is 0 Å². The molecule has 1 fully saturated rings. The van der Waals surface area contributed by atoms with Crippen molar-refractivity contribution >= 4 is 5.91 Å². The molecule has 1 aromatic carbocycles. The van der Waals surface area contributed by atoms with Crippen molar-refractivity contribution in [1.29, 1.82) is 0 Å². The molecular weight excluding hydrogens is 399 g/mol. The lowest BCUT2D eigenvalue weighted by atomic mass is 9.94. The van der Waals surface area contributed by atoms with E-state index in [4.69, 9.17) is 0 Å². The number of carbonyl (C=O) groups excluding carboxylic acids is 1. The topological polar surface area (TPSA) is 101 Å². The van der Waals surface area contributed by atoms with Crippen LogP contribution in [0.3, 0.4) is 0 Å². The molecule has 1 aliphatic rings. The summed E-state index contributed by atoms with van der Waals surface area (Å²) in [4.78, 5) is 20.1. The summed E-state index contributed by atoms with van der Waals surface area (Å²) in [7, 11) is 5.74. The van der Waals surface area contributed by atoms with Crippen LogP contribution in [0.15, 0.2) is 36.5 Å². The van der Waals surface area contributed by atoms with Crippen LogP contribution in [-0.4, -0.2) is 69.9 Å². The third-order valence-electron chi connectivity index (χ3n) is 5.35. The van der Waals surface area contributed by atoms with Crippen molar-refractivity contribution in [3.05, 3.63) is 47.9 Å². The summed E-state index contributed by atoms with van der Waals surface area (Å²) < 4.78 is 14.9. The number of pyridine rings is 1. The van der Waals surface area contributed by atoms with E-state index in [1.54, 1.807) is 37.5 Å². The van der Waals surface area contributed by atoms with Gasteiger partial charge in [-0.3, -0.25) is 9.78 Å². The first-order valence-corrected chi connectivity index (χ1v) is 10.1. The molecule has 0 unspecified atom stereocenters. The number of likely N-dealkylation sites (N-methyl/N-ethyl adjacent to an activating group) is 1. The number of carbonyl (C=O) groups is 1. The van der Waals surface area contributed by atoms with Crippen LogP contribution in [0.1, 0.15) is 17.9 Å². The fourth-order valence-electron chi connectivity index (χ4n) is 3.55. The quantitative estimate of drug-likeness (QED) is 0.589. The third-order valence-corrected chi connectivity index (χ3v) is 5.35. The van der Waals surface area contributed by atoms with E-state index in [0.29, 0.717) is 41.2 Å². The van der Waals surface area contributed by atoms with Crippen molar-refractivity contribution in [1.82, 2.24) is 40.7 Å². The van der Waals surface area contributed by atoms with Gasteiger partial charge in [-0.15, -0.1) is 10.2 Å². The second-order valence-electron chi connectivity index (χ2n) is 7.82. The minimum atomic E-state index is -0.388. The molecule has 3 heterocycles. The zero-order valence-corrected chi connectivity index (χ0v) is 17.7. The van der Waals surface area contributed by atoms with Crippen molar-refractivity contribution < 1.29 is 9.18 Å². The lowest BCUT2D eigenvalue weighted by Gasteiger charge is -2.10. The van der Waals surface area contributed by atoms with Crippen molar-refractivity contribution in [3.8, 4) is 22.6 Å². The summed E-state index contributed by atoms with van der Waals surface area (Å²) in [5.74, 6) is -0.417. The molecule has 2 aromatic heterocycles. The van der Waals surface area contributed by atoms with Crippen molar-refractivity contribution in [2.75, 3.05) is 27.7 Å². The SMILES string of the molecule is CN[C@H]1C[C@H](c2ccc(-c3ccc(-c4nnn(CCN(C)C)n4)nc3)c(F)c2)C(=O)N1. The largest absolute Gasteiger partial charge is 0.340 e. The monoisotopic (exact) mass is 424 g/mol. The molecule has 2 N–H and O–H groups in total. The van der Waals surface area contributed by atoms with Gasteiger partial charge in [0.2, 0.25) is 11.7 Å². The van der Waals surface area contributed by atoms with Crippen LogP contribution in [-0.2, 0) is 11.3 Å². The first-order chi connectivity index (χ1) is 14.9. The Morgan fingerprint density at radius 3 is 2.77 bits per heavy atom. The molecule has 0 spiro atoms. The number of nitrogens with one attached hydrogen (secondary N) is 2. The predicted octanol–water partition coefficient (Wildman–Crippen LogP) is 1.25. The first kappa shape index (κ1) is 21.0. The third kappa shape index (κ3) is 4.59. The molecule has 9 nitrogen and oxygen atoms in total. The van der Waals surface area contributed by atoms with Gasteiger partial charge in [0, 0.05) is 23.9 Å². The predicted molar refractivity (Wildman–Crippen MR) is 113 cm³/mol. The fourth-order valence-corrected chi connectivity index (χ4v) is 3.55. The lowest BCUT2D eigenvalue weighted by molar-refractivity contribution is -0.120. The van der Waals surface area contributed by atoms with Gasteiger partial charge in [0.05, 0.1) is 18.6 Å². The van der Waals surface area contributed by atoms with E-state index < -0.39 is 0 Å². The molecule has 3 aromatic rings. The van der Waals surface area contributed by atoms with Gasteiger partial charge in [-0.25, -0.2) is 4.39 Å². The second-order valence-corrected chi connectivity index (χ2v) is 7.82. The average molecular weight is 424 g/mol. The molecule has 0 radical (unpaired) electrons. The second kappa shape index (κ2) is 8.86. The molecule has 1 amide bonds.